The van der Waals surface area contributed by atoms with Crippen LogP contribution in [0.1, 0.15) is 23.1 Å². The summed E-state index contributed by atoms with van der Waals surface area (Å²) in [5, 5.41) is 8.02. The fourth-order valence-corrected chi connectivity index (χ4v) is 4.02. The Morgan fingerprint density at radius 2 is 2.14 bits per heavy atom. The Hall–Kier alpha value is -3.26. The number of carbonyl (C=O) groups excluding carboxylic acids is 1. The van der Waals surface area contributed by atoms with E-state index in [0.717, 1.165) is 10.6 Å². The lowest BCUT2D eigenvalue weighted by Crippen LogP contribution is -2.31. The summed E-state index contributed by atoms with van der Waals surface area (Å²) in [6.45, 7) is 0.0642. The van der Waals surface area contributed by atoms with Crippen LogP contribution in [0.5, 0.6) is 17.2 Å². The molecule has 0 saturated carbocycles. The van der Waals surface area contributed by atoms with Crippen molar-refractivity contribution in [2.75, 3.05) is 13.4 Å². The topological polar surface area (TPSA) is 73.5 Å². The Balaban J connectivity index is 1.33. The summed E-state index contributed by atoms with van der Waals surface area (Å²) in [4.78, 5) is 14.0. The number of nitrogens with zero attached hydrogens (tertiary/aromatic N) is 2. The van der Waals surface area contributed by atoms with Crippen molar-refractivity contribution in [1.82, 2.24) is 5.01 Å². The number of rotatable bonds is 5. The first-order valence-electron chi connectivity index (χ1n) is 8.77. The third-order valence-corrected chi connectivity index (χ3v) is 5.52. The molecule has 8 heteroatoms. The average molecular weight is 396 g/mol. The summed E-state index contributed by atoms with van der Waals surface area (Å²) >= 11 is 1.60. The van der Waals surface area contributed by atoms with Crippen molar-refractivity contribution < 1.29 is 23.4 Å². The van der Waals surface area contributed by atoms with Crippen molar-refractivity contribution in [1.29, 1.82) is 0 Å². The molecule has 28 heavy (non-hydrogen) atoms. The predicted molar refractivity (Wildman–Crippen MR) is 102 cm³/mol. The van der Waals surface area contributed by atoms with Crippen molar-refractivity contribution >= 4 is 23.0 Å². The minimum absolute atomic E-state index is 0.129. The Morgan fingerprint density at radius 1 is 1.21 bits per heavy atom. The first-order valence-corrected chi connectivity index (χ1v) is 9.65. The zero-order valence-electron chi connectivity index (χ0n) is 14.7. The molecule has 0 saturated heterocycles. The third kappa shape index (κ3) is 3.11. The Morgan fingerprint density at radius 3 is 2.96 bits per heavy atom. The zero-order chi connectivity index (χ0) is 18.9. The van der Waals surface area contributed by atoms with E-state index in [2.05, 4.69) is 5.10 Å². The van der Waals surface area contributed by atoms with Gasteiger partial charge >= 0.3 is 0 Å². The average Bonchev–Trinajstić information content (AvgIpc) is 3.50. The zero-order valence-corrected chi connectivity index (χ0v) is 15.6. The van der Waals surface area contributed by atoms with E-state index in [1.807, 2.05) is 29.6 Å². The van der Waals surface area contributed by atoms with Crippen LogP contribution in [0.4, 0.5) is 0 Å². The van der Waals surface area contributed by atoms with Crippen LogP contribution in [0.25, 0.3) is 0 Å². The quantitative estimate of drug-likeness (QED) is 0.655. The summed E-state index contributed by atoms with van der Waals surface area (Å²) in [7, 11) is 0. The molecule has 0 bridgehead atoms. The van der Waals surface area contributed by atoms with Gasteiger partial charge in [0.15, 0.2) is 18.1 Å². The number of ether oxygens (including phenoxy) is 3. The number of amides is 1. The monoisotopic (exact) mass is 396 g/mol. The van der Waals surface area contributed by atoms with Gasteiger partial charge in [0.05, 0.1) is 12.3 Å². The molecule has 0 spiro atoms. The summed E-state index contributed by atoms with van der Waals surface area (Å²) in [6, 6.07) is 12.7. The van der Waals surface area contributed by atoms with E-state index in [1.54, 1.807) is 35.8 Å². The van der Waals surface area contributed by atoms with Gasteiger partial charge in [-0.3, -0.25) is 4.79 Å². The number of benzene rings is 1. The van der Waals surface area contributed by atoms with Crippen molar-refractivity contribution in [3.05, 3.63) is 64.7 Å². The molecule has 4 heterocycles. The van der Waals surface area contributed by atoms with Gasteiger partial charge in [-0.25, -0.2) is 5.01 Å². The van der Waals surface area contributed by atoms with Gasteiger partial charge in [0.1, 0.15) is 17.2 Å². The highest BCUT2D eigenvalue weighted by molar-refractivity contribution is 7.10. The molecule has 7 nitrogen and oxygen atoms in total. The summed E-state index contributed by atoms with van der Waals surface area (Å²) in [5.41, 5.74) is 0.750. The molecule has 0 radical (unpaired) electrons. The van der Waals surface area contributed by atoms with Crippen LogP contribution >= 0.6 is 11.3 Å². The first-order chi connectivity index (χ1) is 13.8. The standard InChI is InChI=1S/C20H16N2O5S/c23-20(11-25-13-5-6-17-18(9-13)27-12-26-17)22-15(19-4-2-8-28-19)10-14(21-22)16-3-1-7-24-16/h1-9,15H,10-12H2/t15-/m0/s1. The van der Waals surface area contributed by atoms with Crippen LogP contribution in [0, 0.1) is 0 Å². The second kappa shape index (κ2) is 7.05. The van der Waals surface area contributed by atoms with Crippen LogP contribution in [0.15, 0.2) is 63.6 Å². The number of hydrogen-bond donors (Lipinski definition) is 0. The normalized spacial score (nSPS) is 17.6. The van der Waals surface area contributed by atoms with Gasteiger partial charge in [-0.1, -0.05) is 6.07 Å². The van der Waals surface area contributed by atoms with E-state index in [4.69, 9.17) is 18.6 Å². The fraction of sp³-hybridized carbons (Fsp3) is 0.200. The largest absolute Gasteiger partial charge is 0.484 e. The van der Waals surface area contributed by atoms with Crippen molar-refractivity contribution in [2.45, 2.75) is 12.5 Å². The third-order valence-electron chi connectivity index (χ3n) is 4.55. The van der Waals surface area contributed by atoms with E-state index in [0.29, 0.717) is 29.4 Å². The lowest BCUT2D eigenvalue weighted by Gasteiger charge is -2.20. The van der Waals surface area contributed by atoms with E-state index < -0.39 is 0 Å². The molecule has 0 unspecified atom stereocenters. The van der Waals surface area contributed by atoms with E-state index >= 15 is 0 Å². The van der Waals surface area contributed by atoms with Crippen LogP contribution in [-0.2, 0) is 4.79 Å². The van der Waals surface area contributed by atoms with E-state index in [9.17, 15) is 4.79 Å². The van der Waals surface area contributed by atoms with Crippen LogP contribution < -0.4 is 14.2 Å². The molecular formula is C20H16N2O5S. The molecule has 142 valence electrons. The molecule has 2 aliphatic heterocycles. The summed E-state index contributed by atoms with van der Waals surface area (Å²) in [5.74, 6) is 2.27. The van der Waals surface area contributed by atoms with E-state index in [1.165, 1.54) is 5.01 Å². The van der Waals surface area contributed by atoms with Gasteiger partial charge in [0.25, 0.3) is 5.91 Å². The number of fused-ring (bicyclic) bond motifs is 1. The van der Waals surface area contributed by atoms with Gasteiger partial charge in [-0.05, 0) is 35.7 Å². The van der Waals surface area contributed by atoms with Gasteiger partial charge in [-0.15, -0.1) is 11.3 Å². The molecule has 3 aromatic rings. The molecule has 1 aromatic carbocycles. The molecule has 1 atom stereocenters. The van der Waals surface area contributed by atoms with Gasteiger partial charge < -0.3 is 18.6 Å². The molecular weight excluding hydrogens is 380 g/mol. The molecule has 2 aliphatic rings. The number of hydrogen-bond acceptors (Lipinski definition) is 7. The van der Waals surface area contributed by atoms with Crippen molar-refractivity contribution in [2.24, 2.45) is 5.10 Å². The van der Waals surface area contributed by atoms with Gasteiger partial charge in [-0.2, -0.15) is 5.10 Å². The van der Waals surface area contributed by atoms with Crippen LogP contribution in [-0.4, -0.2) is 30.0 Å². The van der Waals surface area contributed by atoms with Gasteiger partial charge in [0, 0.05) is 17.4 Å². The van der Waals surface area contributed by atoms with Crippen molar-refractivity contribution in [3.63, 3.8) is 0 Å². The number of hydrazone groups is 1. The Bertz CT molecular complexity index is 1010. The smallest absolute Gasteiger partial charge is 0.281 e. The summed E-state index contributed by atoms with van der Waals surface area (Å²) < 4.78 is 21.8. The second-order valence-electron chi connectivity index (χ2n) is 6.30. The van der Waals surface area contributed by atoms with Gasteiger partial charge in [0.2, 0.25) is 6.79 Å². The lowest BCUT2D eigenvalue weighted by molar-refractivity contribution is -0.135. The van der Waals surface area contributed by atoms with E-state index in [-0.39, 0.29) is 25.3 Å². The highest BCUT2D eigenvalue weighted by atomic mass is 32.1. The number of furan rings is 1. The molecule has 0 aliphatic carbocycles. The SMILES string of the molecule is O=C(COc1ccc2c(c1)OCO2)N1N=C(c2ccco2)C[C@H]1c1cccs1. The predicted octanol–water partition coefficient (Wildman–Crippen LogP) is 3.83. The maximum Gasteiger partial charge on any atom is 0.281 e. The molecule has 0 fully saturated rings. The maximum atomic E-state index is 12.9. The minimum atomic E-state index is -0.224. The highest BCUT2D eigenvalue weighted by Gasteiger charge is 2.34. The Labute approximate surface area is 164 Å². The fourth-order valence-electron chi connectivity index (χ4n) is 3.21. The summed E-state index contributed by atoms with van der Waals surface area (Å²) in [6.07, 6.45) is 2.20. The maximum absolute atomic E-state index is 12.9. The minimum Gasteiger partial charge on any atom is -0.484 e. The molecule has 1 amide bonds. The highest BCUT2D eigenvalue weighted by Crippen LogP contribution is 2.36. The molecule has 2 aromatic heterocycles. The van der Waals surface area contributed by atoms with Crippen LogP contribution in [0.2, 0.25) is 0 Å². The number of thiophene rings is 1. The first kappa shape index (κ1) is 16.9. The number of carbonyl (C=O) groups is 1. The molecule has 0 N–H and O–H groups in total. The van der Waals surface area contributed by atoms with Crippen LogP contribution in [0.3, 0.4) is 0 Å². The second-order valence-corrected chi connectivity index (χ2v) is 7.28. The lowest BCUT2D eigenvalue weighted by atomic mass is 10.1. The Kier molecular flexibility index (Phi) is 4.25. The van der Waals surface area contributed by atoms with Crippen molar-refractivity contribution in [3.8, 4) is 17.2 Å². The molecule has 5 rings (SSSR count).